The van der Waals surface area contributed by atoms with Crippen LogP contribution in [0.4, 0.5) is 5.00 Å². The molecule has 0 aromatic carbocycles. The van der Waals surface area contributed by atoms with Gasteiger partial charge in [0.15, 0.2) is 5.78 Å². The second kappa shape index (κ2) is 6.48. The van der Waals surface area contributed by atoms with E-state index in [1.54, 1.807) is 6.92 Å². The predicted octanol–water partition coefficient (Wildman–Crippen LogP) is 2.94. The van der Waals surface area contributed by atoms with Gasteiger partial charge < -0.3 is 10.2 Å². The molecule has 19 heavy (non-hydrogen) atoms. The van der Waals surface area contributed by atoms with E-state index in [1.165, 1.54) is 37.2 Å². The second-order valence-corrected chi connectivity index (χ2v) is 6.15. The Kier molecular flexibility index (Phi) is 4.93. The number of carbonyl (C=O) groups excluding carboxylic acids is 1. The molecule has 0 amide bonds. The Morgan fingerprint density at radius 3 is 2.79 bits per heavy atom. The summed E-state index contributed by atoms with van der Waals surface area (Å²) in [6.07, 6.45) is 5.39. The van der Waals surface area contributed by atoms with E-state index in [2.05, 4.69) is 21.6 Å². The minimum Gasteiger partial charge on any atom is -0.374 e. The summed E-state index contributed by atoms with van der Waals surface area (Å²) < 4.78 is 4.26. The van der Waals surface area contributed by atoms with Crippen molar-refractivity contribution in [1.82, 2.24) is 9.27 Å². The van der Waals surface area contributed by atoms with Crippen molar-refractivity contribution >= 4 is 22.3 Å². The predicted molar refractivity (Wildman–Crippen MR) is 80.2 cm³/mol. The van der Waals surface area contributed by atoms with Gasteiger partial charge in [0.05, 0.1) is 11.3 Å². The van der Waals surface area contributed by atoms with Crippen LogP contribution in [0, 0.1) is 6.92 Å². The van der Waals surface area contributed by atoms with Crippen LogP contribution in [0.1, 0.15) is 48.7 Å². The molecule has 1 aromatic heterocycles. The van der Waals surface area contributed by atoms with Crippen molar-refractivity contribution in [3.05, 3.63) is 11.3 Å². The first kappa shape index (κ1) is 14.5. The highest BCUT2D eigenvalue weighted by Gasteiger charge is 2.19. The molecule has 0 unspecified atom stereocenters. The van der Waals surface area contributed by atoms with E-state index in [-0.39, 0.29) is 5.78 Å². The largest absolute Gasteiger partial charge is 0.374 e. The summed E-state index contributed by atoms with van der Waals surface area (Å²) in [5.41, 5.74) is 1.60. The van der Waals surface area contributed by atoms with Crippen molar-refractivity contribution in [2.24, 2.45) is 0 Å². The van der Waals surface area contributed by atoms with E-state index in [9.17, 15) is 4.79 Å². The summed E-state index contributed by atoms with van der Waals surface area (Å²) in [6, 6.07) is 0.747. The number of Topliss-reactive ketones (excluding diaryl/α,β-unsaturated/α-hetero) is 1. The molecular formula is C14H23N3OS. The van der Waals surface area contributed by atoms with E-state index in [0.717, 1.165) is 35.4 Å². The van der Waals surface area contributed by atoms with Gasteiger partial charge in [-0.2, -0.15) is 4.37 Å². The van der Waals surface area contributed by atoms with Gasteiger partial charge in [-0.1, -0.05) is 12.8 Å². The molecule has 0 spiro atoms. The summed E-state index contributed by atoms with van der Waals surface area (Å²) in [7, 11) is 2.20. The minimum atomic E-state index is 0.0953. The number of anilines is 1. The van der Waals surface area contributed by atoms with E-state index < -0.39 is 0 Å². The average molecular weight is 281 g/mol. The molecule has 0 bridgehead atoms. The highest BCUT2D eigenvalue weighted by Crippen LogP contribution is 2.25. The first-order chi connectivity index (χ1) is 9.09. The van der Waals surface area contributed by atoms with Crippen LogP contribution in [-0.2, 0) is 0 Å². The molecule has 1 saturated carbocycles. The summed E-state index contributed by atoms with van der Waals surface area (Å²) >= 11 is 1.39. The van der Waals surface area contributed by atoms with Crippen molar-refractivity contribution in [2.75, 3.05) is 25.5 Å². The van der Waals surface area contributed by atoms with Crippen LogP contribution in [0.15, 0.2) is 0 Å². The molecule has 1 aromatic rings. The summed E-state index contributed by atoms with van der Waals surface area (Å²) in [4.78, 5) is 14.0. The van der Waals surface area contributed by atoms with Crippen LogP contribution in [0.3, 0.4) is 0 Å². The number of hydrogen-bond acceptors (Lipinski definition) is 5. The molecule has 0 aliphatic heterocycles. The van der Waals surface area contributed by atoms with Gasteiger partial charge >= 0.3 is 0 Å². The lowest BCUT2D eigenvalue weighted by Gasteiger charge is -2.24. The van der Waals surface area contributed by atoms with Gasteiger partial charge in [-0.25, -0.2) is 0 Å². The van der Waals surface area contributed by atoms with Gasteiger partial charge in [0.25, 0.3) is 0 Å². The Balaban J connectivity index is 1.84. The maximum Gasteiger partial charge on any atom is 0.164 e. The molecule has 2 rings (SSSR count). The van der Waals surface area contributed by atoms with E-state index in [4.69, 9.17) is 0 Å². The normalized spacial score (nSPS) is 16.2. The van der Waals surface area contributed by atoms with Crippen LogP contribution in [-0.4, -0.2) is 41.2 Å². The van der Waals surface area contributed by atoms with Crippen molar-refractivity contribution < 1.29 is 4.79 Å². The number of nitrogens with zero attached hydrogens (tertiary/aromatic N) is 2. The van der Waals surface area contributed by atoms with Gasteiger partial charge in [-0.15, -0.1) is 0 Å². The number of rotatable bonds is 6. The molecule has 0 atom stereocenters. The average Bonchev–Trinajstić information content (AvgIpc) is 2.98. The van der Waals surface area contributed by atoms with Gasteiger partial charge in [0.2, 0.25) is 0 Å². The maximum absolute atomic E-state index is 11.6. The molecule has 4 nitrogen and oxygen atoms in total. The number of hydrogen-bond donors (Lipinski definition) is 1. The maximum atomic E-state index is 11.6. The van der Waals surface area contributed by atoms with Crippen molar-refractivity contribution in [2.45, 2.75) is 45.6 Å². The Hall–Kier alpha value is -0.940. The summed E-state index contributed by atoms with van der Waals surface area (Å²) in [5, 5.41) is 4.28. The quantitative estimate of drug-likeness (QED) is 0.814. The lowest BCUT2D eigenvalue weighted by molar-refractivity contribution is 0.101. The molecule has 1 aliphatic rings. The lowest BCUT2D eigenvalue weighted by atomic mass is 10.2. The van der Waals surface area contributed by atoms with Gasteiger partial charge in [-0.05, 0) is 45.3 Å². The number of ketones is 1. The van der Waals surface area contributed by atoms with E-state index in [1.807, 2.05) is 6.92 Å². The monoisotopic (exact) mass is 281 g/mol. The third-order valence-electron chi connectivity index (χ3n) is 3.91. The fraction of sp³-hybridized carbons (Fsp3) is 0.714. The van der Waals surface area contributed by atoms with Crippen LogP contribution >= 0.6 is 11.5 Å². The standard InChI is InChI=1S/C14H23N3OS/c1-10-13(11(2)18)14(19-16-10)15-8-9-17(3)12-6-4-5-7-12/h12,15H,4-9H2,1-3H3. The SMILES string of the molecule is CC(=O)c1c(C)nsc1NCCN(C)C1CCCC1. The first-order valence-electron chi connectivity index (χ1n) is 7.01. The zero-order chi connectivity index (χ0) is 13.8. The van der Waals surface area contributed by atoms with Gasteiger partial charge in [0.1, 0.15) is 5.00 Å². The highest BCUT2D eigenvalue weighted by molar-refractivity contribution is 7.10. The molecule has 0 saturated heterocycles. The number of nitrogens with one attached hydrogen (secondary N) is 1. The molecule has 5 heteroatoms. The van der Waals surface area contributed by atoms with Crippen molar-refractivity contribution in [3.63, 3.8) is 0 Å². The number of aryl methyl sites for hydroxylation is 1. The van der Waals surface area contributed by atoms with Crippen LogP contribution in [0.25, 0.3) is 0 Å². The summed E-state index contributed by atoms with van der Waals surface area (Å²) in [6.45, 7) is 5.38. The molecule has 0 radical (unpaired) electrons. The van der Waals surface area contributed by atoms with Crippen molar-refractivity contribution in [1.29, 1.82) is 0 Å². The fourth-order valence-electron chi connectivity index (χ4n) is 2.78. The van der Waals surface area contributed by atoms with Crippen LogP contribution in [0.5, 0.6) is 0 Å². The molecule has 106 valence electrons. The Labute approximate surface area is 119 Å². The highest BCUT2D eigenvalue weighted by atomic mass is 32.1. The Morgan fingerprint density at radius 1 is 1.47 bits per heavy atom. The van der Waals surface area contributed by atoms with Gasteiger partial charge in [0, 0.05) is 19.1 Å². The third kappa shape index (κ3) is 3.54. The van der Waals surface area contributed by atoms with Crippen LogP contribution in [0.2, 0.25) is 0 Å². The topological polar surface area (TPSA) is 45.2 Å². The Bertz CT molecular complexity index is 438. The molecule has 1 heterocycles. The number of likely N-dealkylation sites (N-methyl/N-ethyl adjacent to an activating group) is 1. The third-order valence-corrected chi connectivity index (χ3v) is 4.81. The Morgan fingerprint density at radius 2 is 2.16 bits per heavy atom. The van der Waals surface area contributed by atoms with E-state index in [0.29, 0.717) is 0 Å². The molecule has 1 N–H and O–H groups in total. The number of carbonyl (C=O) groups is 1. The van der Waals surface area contributed by atoms with Gasteiger partial charge in [-0.3, -0.25) is 4.79 Å². The molecule has 1 aliphatic carbocycles. The van der Waals surface area contributed by atoms with E-state index >= 15 is 0 Å². The zero-order valence-corrected chi connectivity index (χ0v) is 12.8. The molecule has 1 fully saturated rings. The summed E-state index contributed by atoms with van der Waals surface area (Å²) in [5.74, 6) is 0.0953. The van der Waals surface area contributed by atoms with Crippen molar-refractivity contribution in [3.8, 4) is 0 Å². The molecular weight excluding hydrogens is 258 g/mol. The second-order valence-electron chi connectivity index (χ2n) is 5.37. The number of aromatic nitrogens is 1. The minimum absolute atomic E-state index is 0.0953. The van der Waals surface area contributed by atoms with Crippen LogP contribution < -0.4 is 5.32 Å². The first-order valence-corrected chi connectivity index (χ1v) is 7.78. The smallest absolute Gasteiger partial charge is 0.164 e. The lowest BCUT2D eigenvalue weighted by Crippen LogP contribution is -2.33. The fourth-order valence-corrected chi connectivity index (χ4v) is 3.65. The zero-order valence-electron chi connectivity index (χ0n) is 12.0.